The Bertz CT molecular complexity index is 682. The molecule has 0 bridgehead atoms. The van der Waals surface area contributed by atoms with Gasteiger partial charge in [-0.25, -0.2) is 9.78 Å². The number of amides is 1. The molecule has 0 radical (unpaired) electrons. The first-order valence-electron chi connectivity index (χ1n) is 7.45. The molecule has 118 valence electrons. The summed E-state index contributed by atoms with van der Waals surface area (Å²) < 4.78 is 7.55. The standard InChI is InChI=1S/C15H21N5O2/c1-5-20-12-9-19(14(21)22-15(2,3)4)8-11(12)17-13(20)10-6-7-16-18-10/h6-7H,5,8-9H2,1-4H3,(H,16,18). The number of hydrogen-bond donors (Lipinski definition) is 1. The monoisotopic (exact) mass is 303 g/mol. The van der Waals surface area contributed by atoms with Gasteiger partial charge >= 0.3 is 6.09 Å². The molecule has 0 aliphatic carbocycles. The van der Waals surface area contributed by atoms with Gasteiger partial charge in [-0.3, -0.25) is 10.00 Å². The molecule has 3 rings (SSSR count). The topological polar surface area (TPSA) is 76.0 Å². The van der Waals surface area contributed by atoms with Gasteiger partial charge in [0.2, 0.25) is 0 Å². The third-order valence-electron chi connectivity index (χ3n) is 3.55. The molecule has 2 aromatic heterocycles. The maximum absolute atomic E-state index is 12.2. The molecule has 3 heterocycles. The number of carbonyl (C=O) groups is 1. The third-order valence-corrected chi connectivity index (χ3v) is 3.55. The van der Waals surface area contributed by atoms with Gasteiger partial charge in [0, 0.05) is 12.7 Å². The van der Waals surface area contributed by atoms with E-state index in [0.717, 1.165) is 29.5 Å². The molecule has 22 heavy (non-hydrogen) atoms. The molecule has 0 fully saturated rings. The smallest absolute Gasteiger partial charge is 0.410 e. The highest BCUT2D eigenvalue weighted by Gasteiger charge is 2.32. The minimum absolute atomic E-state index is 0.295. The van der Waals surface area contributed by atoms with E-state index in [9.17, 15) is 4.79 Å². The van der Waals surface area contributed by atoms with Crippen molar-refractivity contribution in [2.24, 2.45) is 0 Å². The van der Waals surface area contributed by atoms with Gasteiger partial charge in [-0.05, 0) is 33.8 Å². The Balaban J connectivity index is 1.83. The lowest BCUT2D eigenvalue weighted by Crippen LogP contribution is -2.33. The molecule has 1 N–H and O–H groups in total. The van der Waals surface area contributed by atoms with Gasteiger partial charge in [-0.1, -0.05) is 0 Å². The van der Waals surface area contributed by atoms with Crippen molar-refractivity contribution in [2.45, 2.75) is 52.9 Å². The van der Waals surface area contributed by atoms with Gasteiger partial charge < -0.3 is 9.30 Å². The fourth-order valence-corrected chi connectivity index (χ4v) is 2.64. The molecule has 0 saturated carbocycles. The molecule has 0 atom stereocenters. The Hall–Kier alpha value is -2.31. The minimum atomic E-state index is -0.487. The molecule has 2 aromatic rings. The summed E-state index contributed by atoms with van der Waals surface area (Å²) in [6.07, 6.45) is 1.42. The van der Waals surface area contributed by atoms with Crippen molar-refractivity contribution >= 4 is 6.09 Å². The Kier molecular flexibility index (Phi) is 3.42. The molecule has 1 amide bonds. The first kappa shape index (κ1) is 14.6. The van der Waals surface area contributed by atoms with Crippen LogP contribution in [-0.4, -0.2) is 36.3 Å². The largest absolute Gasteiger partial charge is 0.444 e. The highest BCUT2D eigenvalue weighted by Crippen LogP contribution is 2.29. The molecule has 1 aliphatic heterocycles. The average molecular weight is 303 g/mol. The third kappa shape index (κ3) is 2.58. The molecule has 0 aromatic carbocycles. The number of nitrogens with zero attached hydrogens (tertiary/aromatic N) is 4. The second kappa shape index (κ2) is 5.15. The van der Waals surface area contributed by atoms with Crippen LogP contribution in [0.1, 0.15) is 39.1 Å². The Morgan fingerprint density at radius 3 is 2.77 bits per heavy atom. The van der Waals surface area contributed by atoms with Gasteiger partial charge in [0.15, 0.2) is 5.82 Å². The van der Waals surface area contributed by atoms with Crippen LogP contribution in [0.15, 0.2) is 12.3 Å². The van der Waals surface area contributed by atoms with Gasteiger partial charge in [-0.2, -0.15) is 5.10 Å². The molecule has 0 saturated heterocycles. The van der Waals surface area contributed by atoms with E-state index in [-0.39, 0.29) is 6.09 Å². The number of aromatic nitrogens is 4. The number of nitrogens with one attached hydrogen (secondary N) is 1. The van der Waals surface area contributed by atoms with E-state index in [1.54, 1.807) is 11.1 Å². The van der Waals surface area contributed by atoms with Crippen LogP contribution in [0.4, 0.5) is 4.79 Å². The second-order valence-corrected chi connectivity index (χ2v) is 6.38. The second-order valence-electron chi connectivity index (χ2n) is 6.38. The molecule has 7 nitrogen and oxygen atoms in total. The highest BCUT2D eigenvalue weighted by atomic mass is 16.6. The lowest BCUT2D eigenvalue weighted by atomic mass is 10.2. The van der Waals surface area contributed by atoms with E-state index in [2.05, 4.69) is 26.7 Å². The zero-order valence-corrected chi connectivity index (χ0v) is 13.4. The minimum Gasteiger partial charge on any atom is -0.444 e. The number of imidazole rings is 1. The van der Waals surface area contributed by atoms with Crippen LogP contribution in [0.2, 0.25) is 0 Å². The SMILES string of the molecule is CCn1c(-c2ccn[nH]2)nc2c1CN(C(=O)OC(C)(C)C)C2. The summed E-state index contributed by atoms with van der Waals surface area (Å²) in [5.74, 6) is 0.869. The van der Waals surface area contributed by atoms with Crippen molar-refractivity contribution in [2.75, 3.05) is 0 Å². The predicted octanol–water partition coefficient (Wildman–Crippen LogP) is 2.54. The Labute approximate surface area is 129 Å². The van der Waals surface area contributed by atoms with Crippen molar-refractivity contribution in [1.29, 1.82) is 0 Å². The van der Waals surface area contributed by atoms with E-state index in [0.29, 0.717) is 13.1 Å². The first-order valence-corrected chi connectivity index (χ1v) is 7.45. The van der Waals surface area contributed by atoms with Crippen molar-refractivity contribution < 1.29 is 9.53 Å². The maximum atomic E-state index is 12.2. The first-order chi connectivity index (χ1) is 10.4. The van der Waals surface area contributed by atoms with Crippen molar-refractivity contribution in [1.82, 2.24) is 24.6 Å². The van der Waals surface area contributed by atoms with Crippen molar-refractivity contribution in [3.63, 3.8) is 0 Å². The van der Waals surface area contributed by atoms with Gasteiger partial charge in [0.05, 0.1) is 24.5 Å². The van der Waals surface area contributed by atoms with Gasteiger partial charge in [0.1, 0.15) is 11.3 Å². The van der Waals surface area contributed by atoms with Crippen LogP contribution in [0.25, 0.3) is 11.5 Å². The van der Waals surface area contributed by atoms with E-state index >= 15 is 0 Å². The van der Waals surface area contributed by atoms with E-state index in [4.69, 9.17) is 4.74 Å². The number of fused-ring (bicyclic) bond motifs is 1. The summed E-state index contributed by atoms with van der Waals surface area (Å²) >= 11 is 0. The predicted molar refractivity (Wildman–Crippen MR) is 81.0 cm³/mol. The number of rotatable bonds is 2. The molecular formula is C15H21N5O2. The maximum Gasteiger partial charge on any atom is 0.410 e. The average Bonchev–Trinajstić information content (AvgIpc) is 3.11. The van der Waals surface area contributed by atoms with Gasteiger partial charge in [-0.15, -0.1) is 0 Å². The van der Waals surface area contributed by atoms with Crippen LogP contribution >= 0.6 is 0 Å². The fourth-order valence-electron chi connectivity index (χ4n) is 2.64. The summed E-state index contributed by atoms with van der Waals surface area (Å²) in [5.41, 5.74) is 2.40. The number of aromatic amines is 1. The molecule has 7 heteroatoms. The van der Waals surface area contributed by atoms with Crippen LogP contribution in [0.3, 0.4) is 0 Å². The molecular weight excluding hydrogens is 282 g/mol. The van der Waals surface area contributed by atoms with Crippen LogP contribution in [0.5, 0.6) is 0 Å². The quantitative estimate of drug-likeness (QED) is 0.925. The summed E-state index contributed by atoms with van der Waals surface area (Å²) in [4.78, 5) is 18.6. The zero-order valence-electron chi connectivity index (χ0n) is 13.4. The molecule has 0 spiro atoms. The molecule has 1 aliphatic rings. The van der Waals surface area contributed by atoms with Crippen molar-refractivity contribution in [3.8, 4) is 11.5 Å². The summed E-state index contributed by atoms with van der Waals surface area (Å²) in [6, 6.07) is 1.90. The van der Waals surface area contributed by atoms with E-state index in [1.807, 2.05) is 26.8 Å². The lowest BCUT2D eigenvalue weighted by Gasteiger charge is -2.24. The summed E-state index contributed by atoms with van der Waals surface area (Å²) in [5, 5.41) is 6.92. The lowest BCUT2D eigenvalue weighted by molar-refractivity contribution is 0.0237. The highest BCUT2D eigenvalue weighted by molar-refractivity contribution is 5.69. The van der Waals surface area contributed by atoms with Gasteiger partial charge in [0.25, 0.3) is 0 Å². The Morgan fingerprint density at radius 2 is 2.18 bits per heavy atom. The van der Waals surface area contributed by atoms with E-state index < -0.39 is 5.60 Å². The van der Waals surface area contributed by atoms with E-state index in [1.165, 1.54) is 0 Å². The number of hydrogen-bond acceptors (Lipinski definition) is 4. The van der Waals surface area contributed by atoms with Crippen LogP contribution in [0, 0.1) is 0 Å². The Morgan fingerprint density at radius 1 is 1.41 bits per heavy atom. The van der Waals surface area contributed by atoms with Crippen LogP contribution in [-0.2, 0) is 24.4 Å². The fraction of sp³-hybridized carbons (Fsp3) is 0.533. The van der Waals surface area contributed by atoms with Crippen LogP contribution < -0.4 is 0 Å². The summed E-state index contributed by atoms with van der Waals surface area (Å²) in [7, 11) is 0. The number of H-pyrrole nitrogens is 1. The number of carbonyl (C=O) groups excluding carboxylic acids is 1. The zero-order chi connectivity index (χ0) is 15.9. The summed E-state index contributed by atoms with van der Waals surface area (Å²) in [6.45, 7) is 9.48. The van der Waals surface area contributed by atoms with Crippen molar-refractivity contribution in [3.05, 3.63) is 23.7 Å². The number of ether oxygens (including phenoxy) is 1. The normalized spacial score (nSPS) is 14.3. The molecule has 0 unspecified atom stereocenters.